The highest BCUT2D eigenvalue weighted by Gasteiger charge is 2.52. The van der Waals surface area contributed by atoms with Crippen molar-refractivity contribution in [2.75, 3.05) is 13.7 Å². The summed E-state index contributed by atoms with van der Waals surface area (Å²) in [6, 6.07) is 5.34. The number of amides is 2. The lowest BCUT2D eigenvalue weighted by atomic mass is 9.97. The van der Waals surface area contributed by atoms with Gasteiger partial charge >= 0.3 is 0 Å². The number of nitrogens with zero attached hydrogens (tertiary/aromatic N) is 3. The van der Waals surface area contributed by atoms with E-state index in [1.807, 2.05) is 6.07 Å². The Bertz CT molecular complexity index is 895. The van der Waals surface area contributed by atoms with E-state index in [0.717, 1.165) is 5.56 Å². The van der Waals surface area contributed by atoms with E-state index in [4.69, 9.17) is 4.74 Å². The standard InChI is InChI=1S/C17H19N5O4/c1-21-6-5-18-14(21)17(15(24)19-16(25)20-17)9-22-8-10-3-4-11(26-2)7-12(10)13(22)23/h3-7,16,20,25H,8-9H2,1-2H3,(H,19,24). The van der Waals surface area contributed by atoms with E-state index in [1.54, 1.807) is 48.2 Å². The molecule has 2 aromatic rings. The van der Waals surface area contributed by atoms with Crippen LogP contribution in [0.15, 0.2) is 30.6 Å². The average molecular weight is 357 g/mol. The Morgan fingerprint density at radius 2 is 2.23 bits per heavy atom. The first-order valence-corrected chi connectivity index (χ1v) is 8.15. The molecule has 1 saturated heterocycles. The van der Waals surface area contributed by atoms with Gasteiger partial charge in [0.2, 0.25) is 0 Å². The van der Waals surface area contributed by atoms with E-state index in [1.165, 1.54) is 0 Å². The quantitative estimate of drug-likeness (QED) is 0.666. The van der Waals surface area contributed by atoms with Crippen molar-refractivity contribution in [1.29, 1.82) is 0 Å². The molecule has 2 aliphatic heterocycles. The molecule has 2 unspecified atom stereocenters. The maximum atomic E-state index is 12.9. The zero-order chi connectivity index (χ0) is 18.5. The van der Waals surface area contributed by atoms with E-state index in [0.29, 0.717) is 23.7 Å². The summed E-state index contributed by atoms with van der Waals surface area (Å²) < 4.78 is 6.88. The first kappa shape index (κ1) is 16.6. The first-order valence-electron chi connectivity index (χ1n) is 8.15. The Balaban J connectivity index is 1.69. The SMILES string of the molecule is COc1ccc2c(c1)C(=O)N(CC1(c3nccn3C)NC(O)NC1=O)C2. The van der Waals surface area contributed by atoms with Crippen LogP contribution in [0, 0.1) is 0 Å². The fourth-order valence-corrected chi connectivity index (χ4v) is 3.59. The van der Waals surface area contributed by atoms with Crippen LogP contribution in [-0.2, 0) is 23.9 Å². The van der Waals surface area contributed by atoms with Crippen molar-refractivity contribution in [2.24, 2.45) is 7.05 Å². The van der Waals surface area contributed by atoms with Crippen molar-refractivity contribution >= 4 is 11.8 Å². The van der Waals surface area contributed by atoms with Gasteiger partial charge < -0.3 is 24.6 Å². The van der Waals surface area contributed by atoms with Gasteiger partial charge in [0.05, 0.1) is 13.7 Å². The van der Waals surface area contributed by atoms with Crippen molar-refractivity contribution in [3.63, 3.8) is 0 Å². The monoisotopic (exact) mass is 357 g/mol. The van der Waals surface area contributed by atoms with Gasteiger partial charge in [0, 0.05) is 31.5 Å². The number of benzene rings is 1. The highest BCUT2D eigenvalue weighted by molar-refractivity contribution is 5.99. The number of aliphatic hydroxyl groups excluding tert-OH is 1. The molecular formula is C17H19N5O4. The van der Waals surface area contributed by atoms with Crippen molar-refractivity contribution in [2.45, 2.75) is 18.4 Å². The van der Waals surface area contributed by atoms with Crippen LogP contribution in [0.2, 0.25) is 0 Å². The van der Waals surface area contributed by atoms with Gasteiger partial charge in [0.25, 0.3) is 11.8 Å². The highest BCUT2D eigenvalue weighted by Crippen LogP contribution is 2.31. The number of aryl methyl sites for hydroxylation is 1. The smallest absolute Gasteiger partial charge is 0.254 e. The van der Waals surface area contributed by atoms with Crippen LogP contribution >= 0.6 is 0 Å². The van der Waals surface area contributed by atoms with Crippen LogP contribution in [0.5, 0.6) is 5.75 Å². The number of hydrogen-bond donors (Lipinski definition) is 3. The molecule has 3 N–H and O–H groups in total. The highest BCUT2D eigenvalue weighted by atomic mass is 16.5. The minimum absolute atomic E-state index is 0.0383. The molecule has 2 aliphatic rings. The van der Waals surface area contributed by atoms with Gasteiger partial charge in [0.1, 0.15) is 11.6 Å². The predicted octanol–water partition coefficient (Wildman–Crippen LogP) is -0.725. The minimum Gasteiger partial charge on any atom is -0.497 e. The molecule has 0 aliphatic carbocycles. The first-order chi connectivity index (χ1) is 12.4. The van der Waals surface area contributed by atoms with Gasteiger partial charge in [-0.3, -0.25) is 14.9 Å². The van der Waals surface area contributed by atoms with Crippen LogP contribution in [0.3, 0.4) is 0 Å². The third kappa shape index (κ3) is 2.36. The Hall–Kier alpha value is -2.91. The molecule has 0 spiro atoms. The number of carbonyl (C=O) groups excluding carboxylic acids is 2. The van der Waals surface area contributed by atoms with Crippen LogP contribution in [0.25, 0.3) is 0 Å². The van der Waals surface area contributed by atoms with Gasteiger partial charge in [-0.15, -0.1) is 0 Å². The second-order valence-electron chi connectivity index (χ2n) is 6.47. The molecule has 0 radical (unpaired) electrons. The number of carbonyl (C=O) groups is 2. The number of aliphatic hydroxyl groups is 1. The van der Waals surface area contributed by atoms with Crippen molar-refractivity contribution in [3.8, 4) is 5.75 Å². The molecule has 136 valence electrons. The molecule has 1 fully saturated rings. The third-order valence-corrected chi connectivity index (χ3v) is 4.87. The second kappa shape index (κ2) is 5.82. The number of ether oxygens (including phenoxy) is 1. The van der Waals surface area contributed by atoms with E-state index in [2.05, 4.69) is 15.6 Å². The van der Waals surface area contributed by atoms with Crippen LogP contribution < -0.4 is 15.4 Å². The van der Waals surface area contributed by atoms with E-state index in [9.17, 15) is 14.7 Å². The number of imidazole rings is 1. The predicted molar refractivity (Wildman–Crippen MR) is 89.9 cm³/mol. The average Bonchev–Trinajstić information content (AvgIpc) is 3.25. The number of fused-ring (bicyclic) bond motifs is 1. The summed E-state index contributed by atoms with van der Waals surface area (Å²) in [4.78, 5) is 31.4. The number of hydrogen-bond acceptors (Lipinski definition) is 6. The van der Waals surface area contributed by atoms with Gasteiger partial charge in [-0.2, -0.15) is 0 Å². The molecule has 1 aromatic heterocycles. The van der Waals surface area contributed by atoms with Crippen molar-refractivity contribution in [3.05, 3.63) is 47.5 Å². The Labute approximate surface area is 149 Å². The number of nitrogens with one attached hydrogen (secondary N) is 2. The Morgan fingerprint density at radius 1 is 1.42 bits per heavy atom. The summed E-state index contributed by atoms with van der Waals surface area (Å²) >= 11 is 0. The molecule has 1 aromatic carbocycles. The number of aromatic nitrogens is 2. The zero-order valence-electron chi connectivity index (χ0n) is 14.4. The number of rotatable bonds is 4. The fourth-order valence-electron chi connectivity index (χ4n) is 3.59. The summed E-state index contributed by atoms with van der Waals surface area (Å²) in [6.07, 6.45) is 2.07. The van der Waals surface area contributed by atoms with Crippen LogP contribution in [0.1, 0.15) is 21.7 Å². The van der Waals surface area contributed by atoms with Gasteiger partial charge in [-0.1, -0.05) is 6.07 Å². The van der Waals surface area contributed by atoms with Crippen LogP contribution in [0.4, 0.5) is 0 Å². The summed E-state index contributed by atoms with van der Waals surface area (Å²) in [5, 5.41) is 15.2. The molecule has 0 saturated carbocycles. The zero-order valence-corrected chi connectivity index (χ0v) is 14.4. The molecule has 0 bridgehead atoms. The Kier molecular flexibility index (Phi) is 3.70. The summed E-state index contributed by atoms with van der Waals surface area (Å²) in [6.45, 7) is 0.409. The third-order valence-electron chi connectivity index (χ3n) is 4.87. The van der Waals surface area contributed by atoms with Gasteiger partial charge in [0.15, 0.2) is 11.9 Å². The Morgan fingerprint density at radius 3 is 2.85 bits per heavy atom. The van der Waals surface area contributed by atoms with Gasteiger partial charge in [-0.05, 0) is 17.7 Å². The van der Waals surface area contributed by atoms with E-state index >= 15 is 0 Å². The molecule has 26 heavy (non-hydrogen) atoms. The summed E-state index contributed by atoms with van der Waals surface area (Å²) in [7, 11) is 3.30. The molecular weight excluding hydrogens is 338 g/mol. The number of methoxy groups -OCH3 is 1. The lowest BCUT2D eigenvalue weighted by Gasteiger charge is -2.30. The minimum atomic E-state index is -1.33. The largest absolute Gasteiger partial charge is 0.497 e. The lowest BCUT2D eigenvalue weighted by molar-refractivity contribution is -0.125. The lowest BCUT2D eigenvalue weighted by Crippen LogP contribution is -2.54. The summed E-state index contributed by atoms with van der Waals surface area (Å²) in [5.74, 6) is 0.405. The topological polar surface area (TPSA) is 109 Å². The van der Waals surface area contributed by atoms with Crippen molar-refractivity contribution < 1.29 is 19.4 Å². The molecule has 9 heteroatoms. The summed E-state index contributed by atoms with van der Waals surface area (Å²) in [5.41, 5.74) is 0.0856. The van der Waals surface area contributed by atoms with E-state index < -0.39 is 17.8 Å². The molecule has 4 rings (SSSR count). The normalized spacial score (nSPS) is 24.7. The second-order valence-corrected chi connectivity index (χ2v) is 6.47. The molecule has 3 heterocycles. The molecule has 9 nitrogen and oxygen atoms in total. The van der Waals surface area contributed by atoms with Crippen LogP contribution in [-0.4, -0.2) is 51.4 Å². The fraction of sp³-hybridized carbons (Fsp3) is 0.353. The van der Waals surface area contributed by atoms with Crippen molar-refractivity contribution in [1.82, 2.24) is 25.1 Å². The molecule has 2 atom stereocenters. The van der Waals surface area contributed by atoms with E-state index in [-0.39, 0.29) is 12.5 Å². The maximum Gasteiger partial charge on any atom is 0.254 e. The maximum absolute atomic E-state index is 12.9. The van der Waals surface area contributed by atoms with Gasteiger partial charge in [-0.25, -0.2) is 4.98 Å². The molecule has 2 amide bonds.